The molecule has 0 fully saturated rings. The predicted molar refractivity (Wildman–Crippen MR) is 153 cm³/mol. The van der Waals surface area contributed by atoms with E-state index in [1.807, 2.05) is 19.1 Å². The number of nitrogens with one attached hydrogen (secondary N) is 1. The lowest BCUT2D eigenvalue weighted by Crippen LogP contribution is -2.39. The number of aliphatic hydroxyl groups excluding tert-OH is 2. The Bertz CT molecular complexity index is 1380. The molecular weight excluding hydrogens is 496 g/mol. The number of hydrogen-bond donors (Lipinski definition) is 5. The largest absolute Gasteiger partial charge is 0.473 e. The Morgan fingerprint density at radius 1 is 0.897 bits per heavy atom. The molecule has 0 bridgehead atoms. The normalized spacial score (nSPS) is 12.4. The number of benzene rings is 3. The van der Waals surface area contributed by atoms with Crippen molar-refractivity contribution in [2.75, 3.05) is 13.2 Å². The second kappa shape index (κ2) is 13.7. The van der Waals surface area contributed by atoms with Gasteiger partial charge in [-0.05, 0) is 43.0 Å². The van der Waals surface area contributed by atoms with Crippen molar-refractivity contribution in [2.24, 2.45) is 0 Å². The van der Waals surface area contributed by atoms with Gasteiger partial charge in [-0.15, -0.1) is 0 Å². The van der Waals surface area contributed by atoms with Crippen molar-refractivity contribution in [1.82, 2.24) is 9.88 Å². The van der Waals surface area contributed by atoms with E-state index < -0.39 is 18.0 Å². The van der Waals surface area contributed by atoms with Gasteiger partial charge < -0.3 is 30.3 Å². The molecule has 2 atom stereocenters. The summed E-state index contributed by atoms with van der Waals surface area (Å²) in [6, 6.07) is 25.4. The fourth-order valence-corrected chi connectivity index (χ4v) is 4.77. The van der Waals surface area contributed by atoms with Gasteiger partial charge in [0.15, 0.2) is 0 Å². The number of hydrogen-bond acceptors (Lipinski definition) is 5. The smallest absolute Gasteiger partial charge is 0.414 e. The van der Waals surface area contributed by atoms with Crippen molar-refractivity contribution in [3.63, 3.8) is 0 Å². The molecule has 0 aliphatic heterocycles. The summed E-state index contributed by atoms with van der Waals surface area (Å²) in [7, 11) is 0. The fourth-order valence-electron chi connectivity index (χ4n) is 4.77. The lowest BCUT2D eigenvalue weighted by atomic mass is 9.97. The highest BCUT2D eigenvalue weighted by molar-refractivity contribution is 6.27. The number of carboxylic acids is 2. The van der Waals surface area contributed by atoms with Crippen LogP contribution < -0.4 is 5.32 Å². The van der Waals surface area contributed by atoms with Crippen LogP contribution in [0.25, 0.3) is 33.3 Å². The molecule has 0 radical (unpaired) electrons. The minimum Gasteiger partial charge on any atom is -0.473 e. The Morgan fingerprint density at radius 2 is 1.46 bits per heavy atom. The highest BCUT2D eigenvalue weighted by Gasteiger charge is 2.23. The summed E-state index contributed by atoms with van der Waals surface area (Å²) >= 11 is 0. The third kappa shape index (κ3) is 7.32. The lowest BCUT2D eigenvalue weighted by molar-refractivity contribution is -0.159. The van der Waals surface area contributed by atoms with Crippen LogP contribution in [0, 0.1) is 13.8 Å². The number of carbonyl (C=O) groups is 2. The third-order valence-corrected chi connectivity index (χ3v) is 6.53. The summed E-state index contributed by atoms with van der Waals surface area (Å²) in [5.74, 6) is -3.65. The van der Waals surface area contributed by atoms with Crippen LogP contribution in [0.4, 0.5) is 0 Å². The van der Waals surface area contributed by atoms with Crippen LogP contribution in [0.1, 0.15) is 24.5 Å². The molecule has 0 aliphatic carbocycles. The summed E-state index contributed by atoms with van der Waals surface area (Å²) in [4.78, 5) is 18.2. The first-order valence-corrected chi connectivity index (χ1v) is 12.9. The van der Waals surface area contributed by atoms with Crippen LogP contribution in [-0.4, -0.2) is 62.2 Å². The Kier molecular flexibility index (Phi) is 10.4. The summed E-state index contributed by atoms with van der Waals surface area (Å²) in [6.45, 7) is 7.29. The molecule has 4 aromatic rings. The first kappa shape index (κ1) is 29.6. The van der Waals surface area contributed by atoms with E-state index >= 15 is 0 Å². The van der Waals surface area contributed by atoms with E-state index in [9.17, 15) is 10.2 Å². The maximum absolute atomic E-state index is 11.0. The molecule has 1 heterocycles. The van der Waals surface area contributed by atoms with Crippen LogP contribution >= 0.6 is 0 Å². The van der Waals surface area contributed by atoms with Gasteiger partial charge in [0.1, 0.15) is 0 Å². The van der Waals surface area contributed by atoms with E-state index in [0.717, 1.165) is 23.2 Å². The first-order chi connectivity index (χ1) is 18.7. The van der Waals surface area contributed by atoms with Gasteiger partial charge in [-0.2, -0.15) is 0 Å². The highest BCUT2D eigenvalue weighted by atomic mass is 16.4. The third-order valence-electron chi connectivity index (χ3n) is 6.53. The summed E-state index contributed by atoms with van der Waals surface area (Å²) in [5.41, 5.74) is 8.21. The quantitative estimate of drug-likeness (QED) is 0.201. The molecule has 0 aliphatic rings. The number of fused-ring (bicyclic) bond motifs is 1. The topological polar surface area (TPSA) is 132 Å². The second-order valence-corrected chi connectivity index (χ2v) is 9.50. The molecule has 0 amide bonds. The second-order valence-electron chi connectivity index (χ2n) is 9.50. The maximum Gasteiger partial charge on any atom is 0.414 e. The van der Waals surface area contributed by atoms with E-state index in [1.165, 1.54) is 27.6 Å². The number of carboxylic acid groups (broad SMARTS) is 2. The molecule has 39 heavy (non-hydrogen) atoms. The minimum absolute atomic E-state index is 0.00100. The van der Waals surface area contributed by atoms with Crippen LogP contribution in [0.3, 0.4) is 0 Å². The van der Waals surface area contributed by atoms with Crippen molar-refractivity contribution < 1.29 is 30.0 Å². The molecule has 1 aromatic heterocycles. The standard InChI is InChI=1S/C29H34N2O2.C2H2O4/c1-4-24(19-32)30-17-25(33)18-31-28-21(3)15-20(2)16-26(28)27(22-11-7-5-8-12-22)29(31)23-13-9-6-10-14-23;3-1(4)2(5)6/h5-16,24-25,30,32-33H,4,17-19H2,1-3H3;(H,3,4)(H,5,6)/t24-,25-;/m1./s1. The minimum atomic E-state index is -1.82. The van der Waals surface area contributed by atoms with Crippen LogP contribution in [0.5, 0.6) is 0 Å². The first-order valence-electron chi connectivity index (χ1n) is 12.9. The molecule has 5 N–H and O–H groups in total. The van der Waals surface area contributed by atoms with Crippen LogP contribution in [0.2, 0.25) is 0 Å². The molecule has 8 nitrogen and oxygen atoms in total. The van der Waals surface area contributed by atoms with Crippen LogP contribution in [-0.2, 0) is 16.1 Å². The van der Waals surface area contributed by atoms with Crippen LogP contribution in [0.15, 0.2) is 72.8 Å². The maximum atomic E-state index is 11.0. The number of aliphatic hydroxyl groups is 2. The van der Waals surface area contributed by atoms with E-state index in [2.05, 4.69) is 84.4 Å². The summed E-state index contributed by atoms with van der Waals surface area (Å²) in [6.07, 6.45) is 0.231. The average Bonchev–Trinajstić information content (AvgIpc) is 3.24. The zero-order valence-corrected chi connectivity index (χ0v) is 22.5. The van der Waals surface area contributed by atoms with Crippen molar-refractivity contribution in [3.05, 3.63) is 83.9 Å². The Labute approximate surface area is 228 Å². The van der Waals surface area contributed by atoms with Gasteiger partial charge in [0.2, 0.25) is 0 Å². The van der Waals surface area contributed by atoms with Gasteiger partial charge in [-0.25, -0.2) is 9.59 Å². The molecule has 206 valence electrons. The van der Waals surface area contributed by atoms with E-state index in [4.69, 9.17) is 19.8 Å². The molecule has 4 rings (SSSR count). The van der Waals surface area contributed by atoms with Gasteiger partial charge in [0.05, 0.1) is 30.5 Å². The zero-order chi connectivity index (χ0) is 28.5. The van der Waals surface area contributed by atoms with Crippen molar-refractivity contribution >= 4 is 22.8 Å². The van der Waals surface area contributed by atoms with Gasteiger partial charge in [-0.3, -0.25) is 0 Å². The van der Waals surface area contributed by atoms with Gasteiger partial charge in [0.25, 0.3) is 0 Å². The van der Waals surface area contributed by atoms with E-state index in [0.29, 0.717) is 13.1 Å². The number of aliphatic carboxylic acids is 2. The molecule has 0 spiro atoms. The van der Waals surface area contributed by atoms with E-state index in [-0.39, 0.29) is 12.6 Å². The summed E-state index contributed by atoms with van der Waals surface area (Å²) < 4.78 is 2.29. The van der Waals surface area contributed by atoms with E-state index in [1.54, 1.807) is 0 Å². The highest BCUT2D eigenvalue weighted by Crippen LogP contribution is 2.42. The van der Waals surface area contributed by atoms with Crippen molar-refractivity contribution in [1.29, 1.82) is 0 Å². The van der Waals surface area contributed by atoms with Crippen molar-refractivity contribution in [2.45, 2.75) is 45.9 Å². The zero-order valence-electron chi connectivity index (χ0n) is 22.5. The average molecular weight is 533 g/mol. The Hall–Kier alpha value is -3.98. The number of aromatic nitrogens is 1. The predicted octanol–water partition coefficient (Wildman–Crippen LogP) is 4.47. The molecule has 0 saturated carbocycles. The van der Waals surface area contributed by atoms with Gasteiger partial charge in [-0.1, -0.05) is 79.2 Å². The fraction of sp³-hybridized carbons (Fsp3) is 0.290. The molecule has 8 heteroatoms. The van der Waals surface area contributed by atoms with Crippen molar-refractivity contribution in [3.8, 4) is 22.4 Å². The lowest BCUT2D eigenvalue weighted by Gasteiger charge is -2.20. The summed E-state index contributed by atoms with van der Waals surface area (Å²) in [5, 5.41) is 39.8. The van der Waals surface area contributed by atoms with Gasteiger partial charge >= 0.3 is 11.9 Å². The monoisotopic (exact) mass is 532 g/mol. The molecule has 0 unspecified atom stereocenters. The number of rotatable bonds is 9. The number of nitrogens with zero attached hydrogens (tertiary/aromatic N) is 1. The Morgan fingerprint density at radius 3 is 1.97 bits per heavy atom. The number of aryl methyl sites for hydroxylation is 2. The molecule has 0 saturated heterocycles. The Balaban J connectivity index is 0.000000631. The van der Waals surface area contributed by atoms with Gasteiger partial charge in [0, 0.05) is 23.5 Å². The molecule has 3 aromatic carbocycles. The molecular formula is C31H36N2O6. The SMILES string of the molecule is CC[C@H](CO)NC[C@@H](O)Cn1c(-c2ccccc2)c(-c2ccccc2)c2cc(C)cc(C)c21.O=C(O)C(=O)O.